The Morgan fingerprint density at radius 1 is 1.29 bits per heavy atom. The number of nitrogens with zero attached hydrogens (tertiary/aromatic N) is 2. The molecule has 2 heterocycles. The summed E-state index contributed by atoms with van der Waals surface area (Å²) < 4.78 is 7.73. The zero-order chi connectivity index (χ0) is 13.9. The van der Waals surface area contributed by atoms with Gasteiger partial charge in [-0.1, -0.05) is 17.7 Å². The maximum Gasteiger partial charge on any atom is 0.141 e. The number of hydrogen-bond acceptors (Lipinski definition) is 3. The molecule has 21 heavy (non-hydrogen) atoms. The van der Waals surface area contributed by atoms with Crippen LogP contribution in [0.15, 0.2) is 24.4 Å². The van der Waals surface area contributed by atoms with Gasteiger partial charge in [-0.05, 0) is 43.6 Å². The number of rotatable bonds is 3. The highest BCUT2D eigenvalue weighted by molar-refractivity contribution is 6.32. The molecule has 0 bridgehead atoms. The summed E-state index contributed by atoms with van der Waals surface area (Å²) in [4.78, 5) is 0. The van der Waals surface area contributed by atoms with E-state index >= 15 is 0 Å². The van der Waals surface area contributed by atoms with Crippen molar-refractivity contribution >= 4 is 24.0 Å². The van der Waals surface area contributed by atoms with E-state index in [1.807, 2.05) is 25.4 Å². The Labute approximate surface area is 135 Å². The zero-order valence-corrected chi connectivity index (χ0v) is 13.5. The van der Waals surface area contributed by atoms with Crippen molar-refractivity contribution in [3.8, 4) is 5.75 Å². The second-order valence-corrected chi connectivity index (χ2v) is 5.44. The predicted molar refractivity (Wildman–Crippen MR) is 86.5 cm³/mol. The van der Waals surface area contributed by atoms with Crippen LogP contribution in [-0.4, -0.2) is 22.9 Å². The largest absolute Gasteiger partial charge is 0.485 e. The fourth-order valence-corrected chi connectivity index (χ4v) is 2.78. The molecule has 3 rings (SSSR count). The Balaban J connectivity index is 0.00000161. The van der Waals surface area contributed by atoms with Crippen LogP contribution in [0.5, 0.6) is 5.75 Å². The molecular weight excluding hydrogens is 309 g/mol. The van der Waals surface area contributed by atoms with E-state index in [9.17, 15) is 0 Å². The van der Waals surface area contributed by atoms with Crippen LogP contribution in [0.3, 0.4) is 0 Å². The first-order valence-corrected chi connectivity index (χ1v) is 7.24. The molecule has 0 aliphatic carbocycles. The molecule has 0 amide bonds. The van der Waals surface area contributed by atoms with Crippen molar-refractivity contribution in [2.24, 2.45) is 7.05 Å². The molecule has 0 atom stereocenters. The molecule has 6 heteroatoms. The van der Waals surface area contributed by atoms with Crippen molar-refractivity contribution in [3.63, 3.8) is 0 Å². The Morgan fingerprint density at radius 2 is 2.10 bits per heavy atom. The van der Waals surface area contributed by atoms with Gasteiger partial charge in [0, 0.05) is 18.8 Å². The third-order valence-corrected chi connectivity index (χ3v) is 3.86. The molecule has 0 unspecified atom stereocenters. The number of aromatic nitrogens is 2. The molecule has 1 aliphatic rings. The van der Waals surface area contributed by atoms with E-state index in [0.29, 0.717) is 11.6 Å². The SMILES string of the molecule is Cl.Cn1ccc(COc2c(Cl)ccc3c2CCNCC3)n1. The van der Waals surface area contributed by atoms with Gasteiger partial charge < -0.3 is 10.1 Å². The molecule has 1 aromatic carbocycles. The van der Waals surface area contributed by atoms with Crippen LogP contribution >= 0.6 is 24.0 Å². The first-order valence-electron chi connectivity index (χ1n) is 6.86. The van der Waals surface area contributed by atoms with Gasteiger partial charge in [-0.15, -0.1) is 12.4 Å². The molecule has 114 valence electrons. The Bertz CT molecular complexity index is 613. The highest BCUT2D eigenvalue weighted by atomic mass is 35.5. The summed E-state index contributed by atoms with van der Waals surface area (Å²) in [7, 11) is 1.90. The van der Waals surface area contributed by atoms with E-state index in [1.54, 1.807) is 4.68 Å². The van der Waals surface area contributed by atoms with E-state index < -0.39 is 0 Å². The highest BCUT2D eigenvalue weighted by Crippen LogP contribution is 2.33. The zero-order valence-electron chi connectivity index (χ0n) is 11.9. The molecule has 2 aromatic rings. The van der Waals surface area contributed by atoms with E-state index in [-0.39, 0.29) is 12.4 Å². The third-order valence-electron chi connectivity index (χ3n) is 3.57. The number of ether oxygens (including phenoxy) is 1. The van der Waals surface area contributed by atoms with Crippen molar-refractivity contribution in [1.82, 2.24) is 15.1 Å². The molecule has 0 spiro atoms. The topological polar surface area (TPSA) is 39.1 Å². The predicted octanol–water partition coefficient (Wildman–Crippen LogP) is 2.76. The lowest BCUT2D eigenvalue weighted by Gasteiger charge is -2.14. The summed E-state index contributed by atoms with van der Waals surface area (Å²) in [6.07, 6.45) is 3.88. The average molecular weight is 328 g/mol. The van der Waals surface area contributed by atoms with E-state index in [1.165, 1.54) is 11.1 Å². The summed E-state index contributed by atoms with van der Waals surface area (Å²) in [6, 6.07) is 5.99. The number of halogens is 2. The van der Waals surface area contributed by atoms with E-state index in [2.05, 4.69) is 16.5 Å². The Kier molecular flexibility index (Phi) is 5.51. The minimum atomic E-state index is 0. The standard InChI is InChI=1S/C15H18ClN3O.ClH/c1-19-9-6-12(18-19)10-20-15-13-5-8-17-7-4-11(13)2-3-14(15)16;/h2-3,6,9,17H,4-5,7-8,10H2,1H3;1H. The minimum Gasteiger partial charge on any atom is -0.485 e. The maximum atomic E-state index is 6.31. The van der Waals surface area contributed by atoms with Gasteiger partial charge in [-0.25, -0.2) is 0 Å². The highest BCUT2D eigenvalue weighted by Gasteiger charge is 2.16. The second kappa shape index (κ2) is 7.16. The second-order valence-electron chi connectivity index (χ2n) is 5.03. The molecule has 0 radical (unpaired) electrons. The van der Waals surface area contributed by atoms with Crippen molar-refractivity contribution in [3.05, 3.63) is 46.2 Å². The van der Waals surface area contributed by atoms with Gasteiger partial charge in [0.2, 0.25) is 0 Å². The fourth-order valence-electron chi connectivity index (χ4n) is 2.55. The van der Waals surface area contributed by atoms with Crippen LogP contribution in [0.1, 0.15) is 16.8 Å². The fraction of sp³-hybridized carbons (Fsp3) is 0.400. The van der Waals surface area contributed by atoms with Gasteiger partial charge in [0.05, 0.1) is 10.7 Å². The van der Waals surface area contributed by atoms with Gasteiger partial charge >= 0.3 is 0 Å². The lowest BCUT2D eigenvalue weighted by atomic mass is 10.0. The molecular formula is C15H19Cl2N3O. The van der Waals surface area contributed by atoms with Crippen molar-refractivity contribution in [2.75, 3.05) is 13.1 Å². The third kappa shape index (κ3) is 3.70. The van der Waals surface area contributed by atoms with Crippen LogP contribution in [-0.2, 0) is 26.5 Å². The monoisotopic (exact) mass is 327 g/mol. The molecule has 4 nitrogen and oxygen atoms in total. The normalized spacial score (nSPS) is 14.0. The summed E-state index contributed by atoms with van der Waals surface area (Å²) >= 11 is 6.31. The quantitative estimate of drug-likeness (QED) is 0.942. The van der Waals surface area contributed by atoms with E-state index in [0.717, 1.165) is 37.4 Å². The van der Waals surface area contributed by atoms with Crippen LogP contribution < -0.4 is 10.1 Å². The summed E-state index contributed by atoms with van der Waals surface area (Å²) in [5.74, 6) is 0.818. The summed E-state index contributed by atoms with van der Waals surface area (Å²) in [6.45, 7) is 2.42. The lowest BCUT2D eigenvalue weighted by Crippen LogP contribution is -2.16. The molecule has 0 saturated carbocycles. The summed E-state index contributed by atoms with van der Waals surface area (Å²) in [5.41, 5.74) is 3.47. The van der Waals surface area contributed by atoms with Gasteiger partial charge in [-0.3, -0.25) is 4.68 Å². The van der Waals surface area contributed by atoms with Crippen molar-refractivity contribution < 1.29 is 4.74 Å². The number of hydrogen-bond donors (Lipinski definition) is 1. The molecule has 1 aromatic heterocycles. The molecule has 1 aliphatic heterocycles. The molecule has 1 N–H and O–H groups in total. The van der Waals surface area contributed by atoms with Crippen LogP contribution in [0.2, 0.25) is 5.02 Å². The minimum absolute atomic E-state index is 0. The average Bonchev–Trinajstić information content (AvgIpc) is 2.71. The van der Waals surface area contributed by atoms with E-state index in [4.69, 9.17) is 16.3 Å². The Morgan fingerprint density at radius 3 is 2.86 bits per heavy atom. The van der Waals surface area contributed by atoms with Gasteiger partial charge in [0.1, 0.15) is 12.4 Å². The van der Waals surface area contributed by atoms with Crippen LogP contribution in [0, 0.1) is 0 Å². The van der Waals surface area contributed by atoms with Gasteiger partial charge in [0.15, 0.2) is 0 Å². The van der Waals surface area contributed by atoms with Crippen LogP contribution in [0.4, 0.5) is 0 Å². The number of benzene rings is 1. The number of fused-ring (bicyclic) bond motifs is 1. The Hall–Kier alpha value is -1.23. The smallest absolute Gasteiger partial charge is 0.141 e. The first-order chi connectivity index (χ1) is 9.74. The number of aryl methyl sites for hydroxylation is 1. The lowest BCUT2D eigenvalue weighted by molar-refractivity contribution is 0.297. The van der Waals surface area contributed by atoms with Gasteiger partial charge in [0.25, 0.3) is 0 Å². The number of nitrogens with one attached hydrogen (secondary N) is 1. The maximum absolute atomic E-state index is 6.31. The first kappa shape index (κ1) is 16.1. The van der Waals surface area contributed by atoms with Gasteiger partial charge in [-0.2, -0.15) is 5.10 Å². The summed E-state index contributed by atoms with van der Waals surface area (Å²) in [5, 5.41) is 8.41. The molecule has 0 saturated heterocycles. The van der Waals surface area contributed by atoms with Crippen molar-refractivity contribution in [2.45, 2.75) is 19.4 Å². The van der Waals surface area contributed by atoms with Crippen LogP contribution in [0.25, 0.3) is 0 Å². The molecule has 0 fully saturated rings. The van der Waals surface area contributed by atoms with Crippen molar-refractivity contribution in [1.29, 1.82) is 0 Å².